The molecule has 27 heavy (non-hydrogen) atoms. The molecular weight excluding hydrogens is 413 g/mol. The molecule has 1 unspecified atom stereocenters. The van der Waals surface area contributed by atoms with E-state index in [-0.39, 0.29) is 17.4 Å². The fraction of sp³-hybridized carbons (Fsp3) is 0.294. The van der Waals surface area contributed by atoms with E-state index in [4.69, 9.17) is 23.2 Å². The van der Waals surface area contributed by atoms with Crippen molar-refractivity contribution >= 4 is 57.5 Å². The van der Waals surface area contributed by atoms with Crippen molar-refractivity contribution in [3.8, 4) is 0 Å². The third-order valence-corrected chi connectivity index (χ3v) is 5.69. The molecule has 7 nitrogen and oxygen atoms in total. The summed E-state index contributed by atoms with van der Waals surface area (Å²) in [6, 6.07) is 3.75. The lowest BCUT2D eigenvalue weighted by molar-refractivity contribution is -0.148. The number of aliphatic carboxylic acids is 1. The van der Waals surface area contributed by atoms with Gasteiger partial charge >= 0.3 is 5.97 Å². The molecule has 1 aliphatic rings. The highest BCUT2D eigenvalue weighted by Gasteiger charge is 2.33. The van der Waals surface area contributed by atoms with Gasteiger partial charge in [-0.1, -0.05) is 23.2 Å². The summed E-state index contributed by atoms with van der Waals surface area (Å²) in [7, 11) is 0. The zero-order chi connectivity index (χ0) is 19.6. The number of anilines is 1. The number of carboxylic acids is 1. The van der Waals surface area contributed by atoms with Gasteiger partial charge in [-0.2, -0.15) is 0 Å². The number of nitrogens with one attached hydrogen (secondary N) is 1. The Morgan fingerprint density at radius 3 is 2.78 bits per heavy atom. The number of thiazole rings is 1. The van der Waals surface area contributed by atoms with E-state index >= 15 is 0 Å². The normalized spacial score (nSPS) is 16.4. The van der Waals surface area contributed by atoms with Crippen LogP contribution in [0.5, 0.6) is 0 Å². The third kappa shape index (κ3) is 4.58. The van der Waals surface area contributed by atoms with Gasteiger partial charge in [0.25, 0.3) is 5.91 Å². The molecule has 1 aliphatic heterocycles. The quantitative estimate of drug-likeness (QED) is 0.761. The molecule has 0 saturated carbocycles. The molecule has 1 aromatic heterocycles. The molecule has 2 amide bonds. The van der Waals surface area contributed by atoms with Crippen LogP contribution in [0.1, 0.15) is 28.9 Å². The summed E-state index contributed by atoms with van der Waals surface area (Å²) in [5.74, 6) is -1.67. The second kappa shape index (κ2) is 8.24. The predicted molar refractivity (Wildman–Crippen MR) is 103 cm³/mol. The van der Waals surface area contributed by atoms with Gasteiger partial charge < -0.3 is 10.0 Å². The lowest BCUT2D eigenvalue weighted by Gasteiger charge is -2.20. The highest BCUT2D eigenvalue weighted by atomic mass is 35.5. The Labute approximate surface area is 168 Å². The maximum atomic E-state index is 12.4. The first-order chi connectivity index (χ1) is 12.8. The maximum absolute atomic E-state index is 12.4. The van der Waals surface area contributed by atoms with Crippen LogP contribution in [-0.2, 0) is 16.0 Å². The zero-order valence-corrected chi connectivity index (χ0v) is 16.3. The molecule has 2 heterocycles. The molecule has 1 fully saturated rings. The first-order valence-corrected chi connectivity index (χ1v) is 9.72. The Balaban J connectivity index is 1.62. The lowest BCUT2D eigenvalue weighted by atomic mass is 10.2. The summed E-state index contributed by atoms with van der Waals surface area (Å²) >= 11 is 12.9. The summed E-state index contributed by atoms with van der Waals surface area (Å²) in [6.07, 6.45) is 1.12. The fourth-order valence-electron chi connectivity index (χ4n) is 2.83. The minimum Gasteiger partial charge on any atom is -0.480 e. The van der Waals surface area contributed by atoms with E-state index < -0.39 is 17.9 Å². The number of carbonyl (C=O) groups excluding carboxylic acids is 2. The molecule has 10 heteroatoms. The smallest absolute Gasteiger partial charge is 0.326 e. The molecular formula is C17H15Cl2N3O4S. The molecule has 0 radical (unpaired) electrons. The number of nitrogens with zero attached hydrogens (tertiary/aromatic N) is 2. The first kappa shape index (κ1) is 19.6. The number of rotatable bonds is 5. The van der Waals surface area contributed by atoms with Gasteiger partial charge in [0.15, 0.2) is 5.13 Å². The van der Waals surface area contributed by atoms with Crippen molar-refractivity contribution in [3.05, 3.63) is 44.9 Å². The third-order valence-electron chi connectivity index (χ3n) is 4.14. The Kier molecular flexibility index (Phi) is 5.98. The van der Waals surface area contributed by atoms with E-state index in [0.29, 0.717) is 40.8 Å². The van der Waals surface area contributed by atoms with Crippen molar-refractivity contribution in [2.45, 2.75) is 25.3 Å². The summed E-state index contributed by atoms with van der Waals surface area (Å²) in [5.41, 5.74) is 0.809. The Morgan fingerprint density at radius 1 is 1.30 bits per heavy atom. The fourth-order valence-corrected chi connectivity index (χ4v) is 3.83. The molecule has 1 atom stereocenters. The van der Waals surface area contributed by atoms with Crippen LogP contribution in [0.3, 0.4) is 0 Å². The average Bonchev–Trinajstić information content (AvgIpc) is 3.26. The Morgan fingerprint density at radius 2 is 2.07 bits per heavy atom. The second-order valence-electron chi connectivity index (χ2n) is 5.99. The van der Waals surface area contributed by atoms with Crippen molar-refractivity contribution in [1.29, 1.82) is 0 Å². The van der Waals surface area contributed by atoms with Crippen LogP contribution in [-0.4, -0.2) is 45.4 Å². The molecule has 142 valence electrons. The number of hydrogen-bond donors (Lipinski definition) is 2. The van der Waals surface area contributed by atoms with E-state index in [1.807, 2.05) is 0 Å². The Hall–Kier alpha value is -2.16. The predicted octanol–water partition coefficient (Wildman–Crippen LogP) is 3.32. The lowest BCUT2D eigenvalue weighted by Crippen LogP contribution is -2.41. The van der Waals surface area contributed by atoms with Crippen LogP contribution < -0.4 is 5.32 Å². The van der Waals surface area contributed by atoms with Crippen molar-refractivity contribution < 1.29 is 19.5 Å². The Bertz CT molecular complexity index is 902. The number of carboxylic acid groups (broad SMARTS) is 1. The molecule has 0 bridgehead atoms. The van der Waals surface area contributed by atoms with E-state index in [1.54, 1.807) is 11.4 Å². The van der Waals surface area contributed by atoms with Crippen molar-refractivity contribution in [2.24, 2.45) is 0 Å². The summed E-state index contributed by atoms with van der Waals surface area (Å²) in [5, 5.41) is 14.4. The van der Waals surface area contributed by atoms with Gasteiger partial charge in [0.05, 0.1) is 22.2 Å². The monoisotopic (exact) mass is 427 g/mol. The largest absolute Gasteiger partial charge is 0.480 e. The van der Waals surface area contributed by atoms with E-state index in [2.05, 4.69) is 10.3 Å². The topological polar surface area (TPSA) is 99.6 Å². The first-order valence-electron chi connectivity index (χ1n) is 8.08. The van der Waals surface area contributed by atoms with Gasteiger partial charge in [0.1, 0.15) is 6.04 Å². The second-order valence-corrected chi connectivity index (χ2v) is 7.66. The minimum atomic E-state index is -0.992. The van der Waals surface area contributed by atoms with Gasteiger partial charge in [-0.15, -0.1) is 11.3 Å². The van der Waals surface area contributed by atoms with E-state index in [1.165, 1.54) is 28.4 Å². The molecule has 3 rings (SSSR count). The summed E-state index contributed by atoms with van der Waals surface area (Å²) in [6.45, 7) is 0.431. The molecule has 2 N–H and O–H groups in total. The standard InChI is InChI=1S/C17H15Cl2N3O4S/c18-11-4-3-9(6-12(11)19)15(24)21-17-20-10(8-27-17)7-14(23)22-5-1-2-13(22)16(25)26/h3-4,6,8,13H,1-2,5,7H2,(H,25,26)(H,20,21,24). The van der Waals surface area contributed by atoms with Gasteiger partial charge in [-0.3, -0.25) is 14.9 Å². The van der Waals surface area contributed by atoms with Crippen LogP contribution in [0, 0.1) is 0 Å². The molecule has 1 saturated heterocycles. The highest BCUT2D eigenvalue weighted by molar-refractivity contribution is 7.14. The van der Waals surface area contributed by atoms with Crippen molar-refractivity contribution in [2.75, 3.05) is 11.9 Å². The van der Waals surface area contributed by atoms with Crippen LogP contribution in [0.25, 0.3) is 0 Å². The molecule has 2 aromatic rings. The number of aromatic nitrogens is 1. The van der Waals surface area contributed by atoms with E-state index in [9.17, 15) is 19.5 Å². The molecule has 0 spiro atoms. The van der Waals surface area contributed by atoms with Crippen LogP contribution in [0.15, 0.2) is 23.6 Å². The molecule has 0 aliphatic carbocycles. The number of benzene rings is 1. The van der Waals surface area contributed by atoms with Crippen LogP contribution >= 0.6 is 34.5 Å². The van der Waals surface area contributed by atoms with Gasteiger partial charge in [0.2, 0.25) is 5.91 Å². The minimum absolute atomic E-state index is 0.0110. The highest BCUT2D eigenvalue weighted by Crippen LogP contribution is 2.24. The number of likely N-dealkylation sites (tertiary alicyclic amines) is 1. The van der Waals surface area contributed by atoms with Gasteiger partial charge in [-0.25, -0.2) is 9.78 Å². The van der Waals surface area contributed by atoms with Gasteiger partial charge in [0, 0.05) is 17.5 Å². The van der Waals surface area contributed by atoms with Crippen LogP contribution in [0.4, 0.5) is 5.13 Å². The number of amides is 2. The van der Waals surface area contributed by atoms with Crippen molar-refractivity contribution in [3.63, 3.8) is 0 Å². The number of carbonyl (C=O) groups is 3. The average molecular weight is 428 g/mol. The van der Waals surface area contributed by atoms with E-state index in [0.717, 1.165) is 0 Å². The zero-order valence-electron chi connectivity index (χ0n) is 13.9. The maximum Gasteiger partial charge on any atom is 0.326 e. The SMILES string of the molecule is O=C(Nc1nc(CC(=O)N2CCCC2C(=O)O)cs1)c1ccc(Cl)c(Cl)c1. The summed E-state index contributed by atoms with van der Waals surface area (Å²) in [4.78, 5) is 41.4. The van der Waals surface area contributed by atoms with Crippen molar-refractivity contribution in [1.82, 2.24) is 9.88 Å². The number of hydrogen-bond acceptors (Lipinski definition) is 5. The summed E-state index contributed by atoms with van der Waals surface area (Å²) < 4.78 is 0. The van der Waals surface area contributed by atoms with Gasteiger partial charge in [-0.05, 0) is 31.0 Å². The molecule has 1 aromatic carbocycles. The number of halogens is 2. The van der Waals surface area contributed by atoms with Crippen LogP contribution in [0.2, 0.25) is 10.0 Å².